The number of anilines is 1. The number of rotatable bonds is 10. The van der Waals surface area contributed by atoms with Crippen molar-refractivity contribution in [3.63, 3.8) is 0 Å². The Labute approximate surface area is 206 Å². The first-order valence-electron chi connectivity index (χ1n) is 11.5. The molecule has 0 bridgehead atoms. The van der Waals surface area contributed by atoms with E-state index in [2.05, 4.69) is 14.8 Å². The number of hydrogen-bond donors (Lipinski definition) is 2. The van der Waals surface area contributed by atoms with Crippen LogP contribution in [0.4, 0.5) is 5.69 Å². The summed E-state index contributed by atoms with van der Waals surface area (Å²) in [5.74, 6) is -0.438. The average molecular weight is 507 g/mol. The van der Waals surface area contributed by atoms with Gasteiger partial charge in [0.15, 0.2) is 0 Å². The highest BCUT2D eigenvalue weighted by molar-refractivity contribution is 7.89. The summed E-state index contributed by atoms with van der Waals surface area (Å²) in [5, 5.41) is 3.20. The van der Waals surface area contributed by atoms with E-state index < -0.39 is 16.1 Å². The van der Waals surface area contributed by atoms with Crippen LogP contribution in [-0.4, -0.2) is 33.4 Å². The van der Waals surface area contributed by atoms with E-state index in [1.54, 1.807) is 24.3 Å². The predicted octanol–water partition coefficient (Wildman–Crippen LogP) is 4.70. The van der Waals surface area contributed by atoms with Gasteiger partial charge in [0.25, 0.3) is 0 Å². The fourth-order valence-electron chi connectivity index (χ4n) is 4.26. The van der Waals surface area contributed by atoms with E-state index in [1.165, 1.54) is 19.2 Å². The summed E-state index contributed by atoms with van der Waals surface area (Å²) < 4.78 is 33.4. The molecule has 9 heteroatoms. The maximum Gasteiger partial charge on any atom is 0.305 e. The monoisotopic (exact) mass is 506 g/mol. The van der Waals surface area contributed by atoms with E-state index in [-0.39, 0.29) is 35.5 Å². The SMILES string of the molecule is COC(=O)CCc1ccc(NC(=O)CC(NS(=O)(=O)c2cccc(Cl)c2)C2CCCCC2)cc1. The summed E-state index contributed by atoms with van der Waals surface area (Å²) in [7, 11) is -2.47. The molecule has 3 rings (SSSR count). The minimum atomic E-state index is -3.82. The van der Waals surface area contributed by atoms with E-state index in [1.807, 2.05) is 12.1 Å². The number of halogens is 1. The third-order valence-corrected chi connectivity index (χ3v) is 7.84. The molecule has 2 N–H and O–H groups in total. The number of ether oxygens (including phenoxy) is 1. The van der Waals surface area contributed by atoms with Crippen molar-refractivity contribution in [1.29, 1.82) is 0 Å². The molecule has 1 saturated carbocycles. The van der Waals surface area contributed by atoms with Gasteiger partial charge in [-0.2, -0.15) is 0 Å². The van der Waals surface area contributed by atoms with Crippen molar-refractivity contribution in [2.24, 2.45) is 5.92 Å². The largest absolute Gasteiger partial charge is 0.469 e. The third kappa shape index (κ3) is 7.82. The van der Waals surface area contributed by atoms with Crippen molar-refractivity contribution < 1.29 is 22.7 Å². The zero-order valence-electron chi connectivity index (χ0n) is 19.3. The number of hydrogen-bond acceptors (Lipinski definition) is 5. The Morgan fingerprint density at radius 2 is 1.79 bits per heavy atom. The van der Waals surface area contributed by atoms with E-state index in [9.17, 15) is 18.0 Å². The lowest BCUT2D eigenvalue weighted by atomic mass is 9.83. The van der Waals surface area contributed by atoms with E-state index in [0.717, 1.165) is 37.7 Å². The lowest BCUT2D eigenvalue weighted by Crippen LogP contribution is -2.43. The van der Waals surface area contributed by atoms with Gasteiger partial charge in [-0.05, 0) is 61.1 Å². The highest BCUT2D eigenvalue weighted by Crippen LogP contribution is 2.29. The Morgan fingerprint density at radius 3 is 2.44 bits per heavy atom. The number of esters is 1. The fraction of sp³-hybridized carbons (Fsp3) is 0.440. The summed E-state index contributed by atoms with van der Waals surface area (Å²) >= 11 is 5.99. The van der Waals surface area contributed by atoms with Crippen molar-refractivity contribution in [3.8, 4) is 0 Å². The minimum absolute atomic E-state index is 0.0363. The zero-order valence-corrected chi connectivity index (χ0v) is 20.8. The summed E-state index contributed by atoms with van der Waals surface area (Å²) in [6, 6.07) is 12.8. The van der Waals surface area contributed by atoms with Gasteiger partial charge in [-0.3, -0.25) is 9.59 Å². The normalized spacial score (nSPS) is 15.5. The number of carbonyl (C=O) groups is 2. The number of carbonyl (C=O) groups excluding carboxylic acids is 2. The standard InChI is InChI=1S/C25H31ClN2O5S/c1-33-25(30)15-12-18-10-13-21(14-11-18)27-24(29)17-23(19-6-3-2-4-7-19)28-34(31,32)22-9-5-8-20(26)16-22/h5,8-11,13-14,16,19,23,28H,2-4,6-7,12,15,17H2,1H3,(H,27,29). The molecular formula is C25H31ClN2O5S. The van der Waals surface area contributed by atoms with Crippen molar-refractivity contribution in [2.75, 3.05) is 12.4 Å². The first kappa shape index (κ1) is 26.2. The van der Waals surface area contributed by atoms with Crippen LogP contribution >= 0.6 is 11.6 Å². The number of sulfonamides is 1. The molecule has 2 aromatic rings. The molecule has 1 aliphatic rings. The van der Waals surface area contributed by atoms with Crippen LogP contribution in [0.2, 0.25) is 5.02 Å². The second kappa shape index (κ2) is 12.3. The van der Waals surface area contributed by atoms with Crippen LogP contribution in [0.5, 0.6) is 0 Å². The molecule has 184 valence electrons. The molecule has 2 aromatic carbocycles. The van der Waals surface area contributed by atoms with Crippen molar-refractivity contribution >= 4 is 39.2 Å². The second-order valence-electron chi connectivity index (χ2n) is 8.61. The van der Waals surface area contributed by atoms with Crippen LogP contribution < -0.4 is 10.0 Å². The van der Waals surface area contributed by atoms with Gasteiger partial charge in [0.2, 0.25) is 15.9 Å². The van der Waals surface area contributed by atoms with Crippen LogP contribution in [0.3, 0.4) is 0 Å². The molecule has 0 saturated heterocycles. The van der Waals surface area contributed by atoms with Gasteiger partial charge >= 0.3 is 5.97 Å². The van der Waals surface area contributed by atoms with Crippen LogP contribution in [0.15, 0.2) is 53.4 Å². The molecule has 0 radical (unpaired) electrons. The van der Waals surface area contributed by atoms with Gasteiger partial charge in [0.1, 0.15) is 0 Å². The predicted molar refractivity (Wildman–Crippen MR) is 132 cm³/mol. The fourth-order valence-corrected chi connectivity index (χ4v) is 5.86. The molecule has 0 spiro atoms. The Morgan fingerprint density at radius 1 is 1.09 bits per heavy atom. The topological polar surface area (TPSA) is 102 Å². The van der Waals surface area contributed by atoms with Crippen molar-refractivity contribution in [3.05, 3.63) is 59.1 Å². The molecule has 1 aliphatic carbocycles. The molecule has 1 fully saturated rings. The maximum absolute atomic E-state index is 13.0. The molecule has 1 amide bonds. The molecule has 7 nitrogen and oxygen atoms in total. The summed E-state index contributed by atoms with van der Waals surface area (Å²) in [6.07, 6.45) is 5.81. The van der Waals surface area contributed by atoms with Gasteiger partial charge in [0, 0.05) is 29.6 Å². The van der Waals surface area contributed by atoms with Crippen molar-refractivity contribution in [1.82, 2.24) is 4.72 Å². The molecule has 1 unspecified atom stereocenters. The van der Waals surface area contributed by atoms with Crippen LogP contribution in [0.25, 0.3) is 0 Å². The average Bonchev–Trinajstić information content (AvgIpc) is 2.83. The number of methoxy groups -OCH3 is 1. The second-order valence-corrected chi connectivity index (χ2v) is 10.8. The molecule has 0 aromatic heterocycles. The highest BCUT2D eigenvalue weighted by atomic mass is 35.5. The van der Waals surface area contributed by atoms with Gasteiger partial charge in [-0.25, -0.2) is 13.1 Å². The van der Waals surface area contributed by atoms with Crippen LogP contribution in [0, 0.1) is 5.92 Å². The Bertz CT molecular complexity index is 1080. The van der Waals surface area contributed by atoms with Crippen LogP contribution in [0.1, 0.15) is 50.5 Å². The number of aryl methyl sites for hydroxylation is 1. The zero-order chi connectivity index (χ0) is 24.6. The summed E-state index contributed by atoms with van der Waals surface area (Å²) in [6.45, 7) is 0. The number of benzene rings is 2. The van der Waals surface area contributed by atoms with Gasteiger partial charge in [0.05, 0.1) is 12.0 Å². The van der Waals surface area contributed by atoms with E-state index in [0.29, 0.717) is 17.1 Å². The summed E-state index contributed by atoms with van der Waals surface area (Å²) in [5.41, 5.74) is 1.57. The summed E-state index contributed by atoms with van der Waals surface area (Å²) in [4.78, 5) is 24.2. The van der Waals surface area contributed by atoms with E-state index in [4.69, 9.17) is 11.6 Å². The van der Waals surface area contributed by atoms with Gasteiger partial charge in [-0.15, -0.1) is 0 Å². The molecule has 1 atom stereocenters. The van der Waals surface area contributed by atoms with E-state index >= 15 is 0 Å². The van der Waals surface area contributed by atoms with Crippen molar-refractivity contribution in [2.45, 2.75) is 62.3 Å². The lowest BCUT2D eigenvalue weighted by molar-refractivity contribution is -0.140. The van der Waals surface area contributed by atoms with Gasteiger partial charge in [-0.1, -0.05) is 49.1 Å². The lowest BCUT2D eigenvalue weighted by Gasteiger charge is -2.30. The van der Waals surface area contributed by atoms with Crippen LogP contribution in [-0.2, 0) is 30.8 Å². The molecule has 34 heavy (non-hydrogen) atoms. The smallest absolute Gasteiger partial charge is 0.305 e. The first-order valence-corrected chi connectivity index (χ1v) is 13.4. The molecular weight excluding hydrogens is 476 g/mol. The molecule has 0 aliphatic heterocycles. The first-order chi connectivity index (χ1) is 16.3. The maximum atomic E-state index is 13.0. The highest BCUT2D eigenvalue weighted by Gasteiger charge is 2.30. The van der Waals surface area contributed by atoms with Gasteiger partial charge < -0.3 is 10.1 Å². The third-order valence-electron chi connectivity index (χ3n) is 6.12. The number of amides is 1. The quantitative estimate of drug-likeness (QED) is 0.455. The Kier molecular flexibility index (Phi) is 9.50. The Balaban J connectivity index is 1.66. The Hall–Kier alpha value is -2.42. The number of nitrogens with one attached hydrogen (secondary N) is 2. The minimum Gasteiger partial charge on any atom is -0.469 e. The molecule has 0 heterocycles.